The van der Waals surface area contributed by atoms with E-state index in [1.54, 1.807) is 42.6 Å². The van der Waals surface area contributed by atoms with Gasteiger partial charge in [-0.15, -0.1) is 0 Å². The minimum Gasteiger partial charge on any atom is -0.506 e. The van der Waals surface area contributed by atoms with Crippen molar-refractivity contribution in [3.05, 3.63) is 56.5 Å². The maximum Gasteiger partial charge on any atom is 0.248 e. The Labute approximate surface area is 132 Å². The first kappa shape index (κ1) is 14.7. The Bertz CT molecular complexity index is 682. The Hall–Kier alpha value is -1.66. The van der Waals surface area contributed by atoms with Crippen LogP contribution in [0.3, 0.4) is 0 Å². The topological polar surface area (TPSA) is 75.7 Å². The Kier molecular flexibility index (Phi) is 4.57. The molecule has 0 aromatic heterocycles. The number of carbonyl (C=O) groups is 1. The predicted octanol–water partition coefficient (Wildman–Crippen LogP) is 3.77. The van der Waals surface area contributed by atoms with E-state index >= 15 is 0 Å². The van der Waals surface area contributed by atoms with Crippen LogP contribution in [0.25, 0.3) is 0 Å². The van der Waals surface area contributed by atoms with Crippen LogP contribution in [-0.4, -0.2) is 17.2 Å². The number of carbonyl (C=O) groups excluding carboxylic acids is 1. The van der Waals surface area contributed by atoms with Crippen LogP contribution in [0.2, 0.25) is 0 Å². The second-order valence-corrected chi connectivity index (χ2v) is 5.76. The Morgan fingerprint density at radius 1 is 1.20 bits per heavy atom. The number of phenolic OH excluding ortho intramolecular Hbond substituents is 1. The maximum atomic E-state index is 11.0. The summed E-state index contributed by atoms with van der Waals surface area (Å²) in [5.74, 6) is -0.361. The highest BCUT2D eigenvalue weighted by atomic mass is 79.9. The number of amides is 1. The minimum absolute atomic E-state index is 0.116. The molecule has 2 rings (SSSR count). The highest BCUT2D eigenvalue weighted by molar-refractivity contribution is 9.11. The molecular formula is C14H10Br2N2O2. The zero-order chi connectivity index (χ0) is 14.7. The van der Waals surface area contributed by atoms with Crippen LogP contribution < -0.4 is 5.73 Å². The number of hydrogen-bond donors (Lipinski definition) is 2. The van der Waals surface area contributed by atoms with Crippen LogP contribution >= 0.6 is 31.9 Å². The van der Waals surface area contributed by atoms with Crippen molar-refractivity contribution in [2.45, 2.75) is 0 Å². The Morgan fingerprint density at radius 2 is 1.85 bits per heavy atom. The number of rotatable bonds is 3. The van der Waals surface area contributed by atoms with E-state index in [2.05, 4.69) is 36.9 Å². The molecule has 20 heavy (non-hydrogen) atoms. The first-order chi connectivity index (χ1) is 9.47. The van der Waals surface area contributed by atoms with E-state index in [1.165, 1.54) is 0 Å². The number of halogens is 2. The quantitative estimate of drug-likeness (QED) is 0.773. The summed E-state index contributed by atoms with van der Waals surface area (Å²) >= 11 is 6.60. The van der Waals surface area contributed by atoms with Gasteiger partial charge in [0.05, 0.1) is 10.2 Å². The number of aliphatic imine (C=N–C) groups is 1. The molecule has 0 saturated heterocycles. The van der Waals surface area contributed by atoms with E-state index in [9.17, 15) is 9.90 Å². The molecule has 2 aromatic rings. The van der Waals surface area contributed by atoms with Crippen molar-refractivity contribution in [3.8, 4) is 5.75 Å². The standard InChI is InChI=1S/C14H10Br2N2O2/c15-10-5-9(13(19)12(16)6-10)7-18-11-3-1-8(2-4-11)14(17)20/h1-7,19H,(H2,17,20). The molecule has 0 radical (unpaired) electrons. The average molecular weight is 398 g/mol. The first-order valence-electron chi connectivity index (χ1n) is 5.59. The third-order valence-corrected chi connectivity index (χ3v) is 3.62. The van der Waals surface area contributed by atoms with Crippen molar-refractivity contribution in [1.29, 1.82) is 0 Å². The second kappa shape index (κ2) is 6.19. The molecule has 1 amide bonds. The molecule has 0 unspecified atom stereocenters. The van der Waals surface area contributed by atoms with Gasteiger partial charge in [0, 0.05) is 21.8 Å². The summed E-state index contributed by atoms with van der Waals surface area (Å²) in [7, 11) is 0. The molecule has 0 saturated carbocycles. The van der Waals surface area contributed by atoms with E-state index in [0.29, 0.717) is 21.3 Å². The van der Waals surface area contributed by atoms with Gasteiger partial charge in [-0.3, -0.25) is 9.79 Å². The van der Waals surface area contributed by atoms with Gasteiger partial charge in [-0.1, -0.05) is 15.9 Å². The van der Waals surface area contributed by atoms with E-state index in [1.807, 2.05) is 0 Å². The lowest BCUT2D eigenvalue weighted by Gasteiger charge is -2.03. The molecule has 0 spiro atoms. The zero-order valence-electron chi connectivity index (χ0n) is 10.2. The summed E-state index contributed by atoms with van der Waals surface area (Å²) in [5.41, 5.74) is 6.82. The highest BCUT2D eigenvalue weighted by Gasteiger charge is 2.05. The first-order valence-corrected chi connectivity index (χ1v) is 7.18. The third-order valence-electron chi connectivity index (χ3n) is 2.56. The number of nitrogens with two attached hydrogens (primary N) is 1. The van der Waals surface area contributed by atoms with Gasteiger partial charge in [-0.05, 0) is 52.3 Å². The largest absolute Gasteiger partial charge is 0.506 e. The molecule has 0 aliphatic heterocycles. The summed E-state index contributed by atoms with van der Waals surface area (Å²) in [4.78, 5) is 15.2. The number of phenols is 1. The van der Waals surface area contributed by atoms with Gasteiger partial charge in [0.15, 0.2) is 0 Å². The summed E-state index contributed by atoms with van der Waals surface area (Å²) in [6.45, 7) is 0. The minimum atomic E-state index is -0.478. The zero-order valence-corrected chi connectivity index (χ0v) is 13.3. The van der Waals surface area contributed by atoms with Crippen molar-refractivity contribution in [3.63, 3.8) is 0 Å². The van der Waals surface area contributed by atoms with Gasteiger partial charge in [-0.25, -0.2) is 0 Å². The van der Waals surface area contributed by atoms with Crippen molar-refractivity contribution in [1.82, 2.24) is 0 Å². The summed E-state index contributed by atoms with van der Waals surface area (Å²) in [6.07, 6.45) is 1.55. The van der Waals surface area contributed by atoms with Crippen molar-refractivity contribution < 1.29 is 9.90 Å². The molecular weight excluding hydrogens is 388 g/mol. The monoisotopic (exact) mass is 396 g/mol. The molecule has 102 valence electrons. The van der Waals surface area contributed by atoms with E-state index < -0.39 is 5.91 Å². The normalized spacial score (nSPS) is 10.9. The summed E-state index contributed by atoms with van der Waals surface area (Å²) in [5, 5.41) is 9.90. The molecule has 0 atom stereocenters. The van der Waals surface area contributed by atoms with Crippen LogP contribution in [-0.2, 0) is 0 Å². The average Bonchev–Trinajstić information content (AvgIpc) is 2.41. The van der Waals surface area contributed by atoms with Gasteiger partial charge in [0.25, 0.3) is 0 Å². The maximum absolute atomic E-state index is 11.0. The van der Waals surface area contributed by atoms with Gasteiger partial charge in [0.2, 0.25) is 5.91 Å². The number of nitrogens with zero attached hydrogens (tertiary/aromatic N) is 1. The van der Waals surface area contributed by atoms with E-state index in [-0.39, 0.29) is 5.75 Å². The lowest BCUT2D eigenvalue weighted by atomic mass is 10.2. The number of aromatic hydroxyl groups is 1. The van der Waals surface area contributed by atoms with Crippen LogP contribution in [0.5, 0.6) is 5.75 Å². The molecule has 0 aliphatic rings. The van der Waals surface area contributed by atoms with Crippen LogP contribution in [0.15, 0.2) is 50.3 Å². The van der Waals surface area contributed by atoms with E-state index in [4.69, 9.17) is 5.73 Å². The molecule has 3 N–H and O–H groups in total. The third kappa shape index (κ3) is 3.46. The summed E-state index contributed by atoms with van der Waals surface area (Å²) < 4.78 is 1.41. The van der Waals surface area contributed by atoms with Crippen molar-refractivity contribution in [2.75, 3.05) is 0 Å². The van der Waals surface area contributed by atoms with Crippen LogP contribution in [0.4, 0.5) is 5.69 Å². The van der Waals surface area contributed by atoms with Crippen LogP contribution in [0, 0.1) is 0 Å². The Morgan fingerprint density at radius 3 is 2.45 bits per heavy atom. The smallest absolute Gasteiger partial charge is 0.248 e. The second-order valence-electron chi connectivity index (χ2n) is 3.99. The number of hydrogen-bond acceptors (Lipinski definition) is 3. The molecule has 4 nitrogen and oxygen atoms in total. The fourth-order valence-electron chi connectivity index (χ4n) is 1.54. The van der Waals surface area contributed by atoms with Gasteiger partial charge in [0.1, 0.15) is 5.75 Å². The highest BCUT2D eigenvalue weighted by Crippen LogP contribution is 2.31. The molecule has 0 bridgehead atoms. The molecule has 0 aliphatic carbocycles. The van der Waals surface area contributed by atoms with Crippen molar-refractivity contribution >= 4 is 49.7 Å². The predicted molar refractivity (Wildman–Crippen MR) is 85.7 cm³/mol. The number of benzene rings is 2. The fraction of sp³-hybridized carbons (Fsp3) is 0. The van der Waals surface area contributed by atoms with Crippen molar-refractivity contribution in [2.24, 2.45) is 10.7 Å². The van der Waals surface area contributed by atoms with Gasteiger partial charge in [-0.2, -0.15) is 0 Å². The summed E-state index contributed by atoms with van der Waals surface area (Å²) in [6, 6.07) is 10.1. The Balaban J connectivity index is 2.27. The lowest BCUT2D eigenvalue weighted by Crippen LogP contribution is -2.10. The number of primary amides is 1. The molecule has 2 aromatic carbocycles. The van der Waals surface area contributed by atoms with Crippen LogP contribution in [0.1, 0.15) is 15.9 Å². The van der Waals surface area contributed by atoms with Gasteiger partial charge < -0.3 is 10.8 Å². The SMILES string of the molecule is NC(=O)c1ccc(N=Cc2cc(Br)cc(Br)c2O)cc1. The van der Waals surface area contributed by atoms with E-state index in [0.717, 1.165) is 4.47 Å². The lowest BCUT2D eigenvalue weighted by molar-refractivity contribution is 0.100. The fourth-order valence-corrected chi connectivity index (χ4v) is 2.80. The molecule has 0 heterocycles. The van der Waals surface area contributed by atoms with Gasteiger partial charge >= 0.3 is 0 Å². The molecule has 0 fully saturated rings. The molecule has 6 heteroatoms.